The summed E-state index contributed by atoms with van der Waals surface area (Å²) in [4.78, 5) is 37.0. The average Bonchev–Trinajstić information content (AvgIpc) is 3.18. The van der Waals surface area contributed by atoms with Gasteiger partial charge in [0, 0.05) is 19.3 Å². The molecule has 2 atom stereocenters. The molecule has 0 saturated heterocycles. The van der Waals surface area contributed by atoms with Crippen LogP contribution in [0.2, 0.25) is 0 Å². The lowest BCUT2D eigenvalue weighted by atomic mass is 10.1. The number of carboxylic acids is 1. The molecule has 0 saturated carbocycles. The first-order chi connectivity index (χ1) is 28.1. The largest absolute Gasteiger partial charge is 0.477 e. The van der Waals surface area contributed by atoms with E-state index >= 15 is 0 Å². The Bertz CT molecular complexity index is 1180. The Hall–Kier alpha value is -3.23. The smallest absolute Gasteiger partial charge is 0.362 e. The van der Waals surface area contributed by atoms with Gasteiger partial charge in [0.2, 0.25) is 0 Å². The number of allylic oxidation sites excluding steroid dienone is 12. The molecular weight excluding hydrogens is 727 g/mol. The van der Waals surface area contributed by atoms with Gasteiger partial charge in [0.25, 0.3) is 0 Å². The molecule has 2 unspecified atom stereocenters. The molecule has 0 fully saturated rings. The van der Waals surface area contributed by atoms with Gasteiger partial charge in [0.15, 0.2) is 12.1 Å². The average molecular weight is 813 g/mol. The van der Waals surface area contributed by atoms with Gasteiger partial charge in [-0.2, -0.15) is 0 Å². The van der Waals surface area contributed by atoms with E-state index in [9.17, 15) is 19.5 Å². The molecule has 0 aromatic carbocycles. The van der Waals surface area contributed by atoms with Gasteiger partial charge in [0.05, 0.1) is 34.4 Å². The van der Waals surface area contributed by atoms with Crippen molar-refractivity contribution < 1.29 is 38.2 Å². The quantitative estimate of drug-likeness (QED) is 0.0285. The second-order valence-electron chi connectivity index (χ2n) is 16.2. The molecule has 58 heavy (non-hydrogen) atoms. The normalized spacial score (nSPS) is 13.6. The van der Waals surface area contributed by atoms with Crippen LogP contribution >= 0.6 is 0 Å². The Morgan fingerprint density at radius 2 is 0.914 bits per heavy atom. The monoisotopic (exact) mass is 813 g/mol. The molecule has 0 aromatic heterocycles. The minimum Gasteiger partial charge on any atom is -0.477 e. The van der Waals surface area contributed by atoms with E-state index in [0.29, 0.717) is 19.3 Å². The summed E-state index contributed by atoms with van der Waals surface area (Å²) in [5.41, 5.74) is 0. The molecule has 0 bridgehead atoms. The Morgan fingerprint density at radius 3 is 1.34 bits per heavy atom. The topological polar surface area (TPSA) is 99.1 Å². The Balaban J connectivity index is 4.32. The second-order valence-corrected chi connectivity index (χ2v) is 16.2. The molecule has 0 spiro atoms. The van der Waals surface area contributed by atoms with E-state index in [1.807, 2.05) is 21.1 Å². The molecule has 0 aliphatic heterocycles. The summed E-state index contributed by atoms with van der Waals surface area (Å²) in [6, 6.07) is -0.622. The Morgan fingerprint density at radius 1 is 0.517 bits per heavy atom. The molecule has 0 amide bonds. The molecule has 0 aliphatic rings. The third-order valence-corrected chi connectivity index (χ3v) is 9.85. The van der Waals surface area contributed by atoms with Crippen LogP contribution in [-0.4, -0.2) is 80.6 Å². The van der Waals surface area contributed by atoms with Crippen LogP contribution in [-0.2, 0) is 28.6 Å². The van der Waals surface area contributed by atoms with E-state index in [1.165, 1.54) is 51.4 Å². The fourth-order valence-corrected chi connectivity index (χ4v) is 6.35. The lowest BCUT2D eigenvalue weighted by Crippen LogP contribution is -2.50. The highest BCUT2D eigenvalue weighted by Crippen LogP contribution is 2.14. The molecule has 0 rings (SSSR count). The van der Waals surface area contributed by atoms with Gasteiger partial charge in [0.1, 0.15) is 6.61 Å². The van der Waals surface area contributed by atoms with Gasteiger partial charge in [-0.1, -0.05) is 151 Å². The summed E-state index contributed by atoms with van der Waals surface area (Å²) in [6.45, 7) is 4.48. The van der Waals surface area contributed by atoms with Crippen LogP contribution in [0.15, 0.2) is 72.9 Å². The zero-order valence-corrected chi connectivity index (χ0v) is 37.7. The molecule has 0 aromatic rings. The van der Waals surface area contributed by atoms with Crippen molar-refractivity contribution in [2.24, 2.45) is 0 Å². The lowest BCUT2D eigenvalue weighted by Gasteiger charge is -2.31. The highest BCUT2D eigenvalue weighted by atomic mass is 16.6. The summed E-state index contributed by atoms with van der Waals surface area (Å²) >= 11 is 0. The number of carboxylic acid groups (broad SMARTS) is 1. The number of esters is 2. The summed E-state index contributed by atoms with van der Waals surface area (Å²) in [5.74, 6) is -1.51. The Labute approximate surface area is 355 Å². The molecule has 1 N–H and O–H groups in total. The summed E-state index contributed by atoms with van der Waals surface area (Å²) in [6.07, 6.45) is 50.9. The van der Waals surface area contributed by atoms with E-state index in [1.54, 1.807) is 0 Å². The van der Waals surface area contributed by atoms with E-state index in [2.05, 4.69) is 86.8 Å². The van der Waals surface area contributed by atoms with Crippen molar-refractivity contribution in [3.05, 3.63) is 72.9 Å². The fourth-order valence-electron chi connectivity index (χ4n) is 6.35. The second kappa shape index (κ2) is 40.5. The predicted molar refractivity (Wildman–Crippen MR) is 243 cm³/mol. The number of unbranched alkanes of at least 4 members (excludes halogenated alkanes) is 14. The third kappa shape index (κ3) is 38.3. The highest BCUT2D eigenvalue weighted by Gasteiger charge is 2.31. The molecule has 8 nitrogen and oxygen atoms in total. The number of ether oxygens (including phenoxy) is 3. The summed E-state index contributed by atoms with van der Waals surface area (Å²) in [5, 5.41) is 9.63. The van der Waals surface area contributed by atoms with Crippen LogP contribution in [0, 0.1) is 0 Å². The van der Waals surface area contributed by atoms with Crippen LogP contribution < -0.4 is 0 Å². The number of quaternary nitrogens is 1. The minimum absolute atomic E-state index is 0.0476. The number of likely N-dealkylation sites (N-methyl/N-ethyl adjacent to an activating group) is 1. The number of carbonyl (C=O) groups excluding carboxylic acids is 2. The van der Waals surface area contributed by atoms with Crippen LogP contribution in [0.25, 0.3) is 0 Å². The van der Waals surface area contributed by atoms with Crippen molar-refractivity contribution in [3.63, 3.8) is 0 Å². The third-order valence-electron chi connectivity index (χ3n) is 9.85. The van der Waals surface area contributed by atoms with Crippen LogP contribution in [0.5, 0.6) is 0 Å². The number of aliphatic carboxylic acids is 1. The standard InChI is InChI=1S/C50H85NO7/c1-6-8-10-12-14-16-18-20-22-23-24-25-26-27-29-30-32-34-36-38-40-48(52)57-45-46(44-56-43-42-47(50(54)55)51(3,4)5)58-49(53)41-39-37-35-33-31-28-21-19-17-15-13-11-9-7-2/h8-11,14-17,20-22,28,46-47H,6-7,12-13,18-19,23-27,29-45H2,1-5H3/p+1/b10-8+,11-9+,16-14+,17-15+,22-20+,28-21+. The van der Waals surface area contributed by atoms with Crippen molar-refractivity contribution in [2.75, 3.05) is 41.0 Å². The number of carbonyl (C=O) groups is 3. The fraction of sp³-hybridized carbons (Fsp3) is 0.700. The van der Waals surface area contributed by atoms with Gasteiger partial charge >= 0.3 is 17.9 Å². The van der Waals surface area contributed by atoms with Crippen molar-refractivity contribution >= 4 is 17.9 Å². The maximum absolute atomic E-state index is 12.7. The van der Waals surface area contributed by atoms with Gasteiger partial charge < -0.3 is 23.8 Å². The van der Waals surface area contributed by atoms with Gasteiger partial charge in [-0.15, -0.1) is 0 Å². The maximum Gasteiger partial charge on any atom is 0.362 e. The molecule has 332 valence electrons. The van der Waals surface area contributed by atoms with Crippen molar-refractivity contribution in [3.8, 4) is 0 Å². The SMILES string of the molecule is CC/C=C/C/C=C/C/C=C/CCCCCCCCCCCCC(=O)OCC(COCCC(C(=O)O)[N+](C)(C)C)OC(=O)CCCCCC/C=C/C/C=C/C/C=C/CC. The Kier molecular flexibility index (Phi) is 38.3. The van der Waals surface area contributed by atoms with Crippen LogP contribution in [0.4, 0.5) is 0 Å². The lowest BCUT2D eigenvalue weighted by molar-refractivity contribution is -0.887. The number of hydrogen-bond donors (Lipinski definition) is 1. The van der Waals surface area contributed by atoms with E-state index in [-0.39, 0.29) is 36.2 Å². The first kappa shape index (κ1) is 54.8. The molecular formula is C50H86NO7+. The first-order valence-corrected chi connectivity index (χ1v) is 23.0. The highest BCUT2D eigenvalue weighted by molar-refractivity contribution is 5.72. The van der Waals surface area contributed by atoms with E-state index < -0.39 is 18.1 Å². The molecule has 0 radical (unpaired) electrons. The maximum atomic E-state index is 12.7. The van der Waals surface area contributed by atoms with Gasteiger partial charge in [-0.25, -0.2) is 4.79 Å². The van der Waals surface area contributed by atoms with E-state index in [0.717, 1.165) is 89.9 Å². The minimum atomic E-state index is -0.882. The van der Waals surface area contributed by atoms with Crippen molar-refractivity contribution in [1.82, 2.24) is 0 Å². The number of hydrogen-bond acceptors (Lipinski definition) is 6. The van der Waals surface area contributed by atoms with E-state index in [4.69, 9.17) is 14.2 Å². The summed E-state index contributed by atoms with van der Waals surface area (Å²) < 4.78 is 17.3. The van der Waals surface area contributed by atoms with Gasteiger partial charge in [-0.05, 0) is 77.0 Å². The molecule has 0 heterocycles. The molecule has 8 heteroatoms. The number of nitrogens with zero attached hydrogens (tertiary/aromatic N) is 1. The zero-order chi connectivity index (χ0) is 42.8. The van der Waals surface area contributed by atoms with Crippen molar-refractivity contribution in [1.29, 1.82) is 0 Å². The zero-order valence-electron chi connectivity index (χ0n) is 37.7. The van der Waals surface area contributed by atoms with Crippen LogP contribution in [0.1, 0.15) is 174 Å². The first-order valence-electron chi connectivity index (χ1n) is 23.0. The van der Waals surface area contributed by atoms with Gasteiger partial charge in [-0.3, -0.25) is 9.59 Å². The predicted octanol–water partition coefficient (Wildman–Crippen LogP) is 12.7. The van der Waals surface area contributed by atoms with Crippen LogP contribution in [0.3, 0.4) is 0 Å². The molecule has 0 aliphatic carbocycles. The summed E-state index contributed by atoms with van der Waals surface area (Å²) in [7, 11) is 5.51. The number of rotatable bonds is 40. The van der Waals surface area contributed by atoms with Crippen molar-refractivity contribution in [2.45, 2.75) is 187 Å².